The molecule has 9 aromatic carbocycles. The lowest BCUT2D eigenvalue weighted by molar-refractivity contribution is 1.11. The zero-order valence-corrected chi connectivity index (χ0v) is 24.4. The molecule has 0 N–H and O–H groups in total. The van der Waals surface area contributed by atoms with E-state index in [0.717, 1.165) is 28.1 Å². The van der Waals surface area contributed by atoms with Crippen molar-refractivity contribution >= 4 is 64.9 Å². The highest BCUT2D eigenvalue weighted by molar-refractivity contribution is 6.33. The average Bonchev–Trinajstić information content (AvgIpc) is 3.51. The van der Waals surface area contributed by atoms with Crippen molar-refractivity contribution in [2.75, 3.05) is 0 Å². The molecule has 10 rings (SSSR count). The molecule has 0 aliphatic heterocycles. The molecule has 0 fully saturated rings. The van der Waals surface area contributed by atoms with Gasteiger partial charge in [0.1, 0.15) is 5.82 Å². The third-order valence-electron chi connectivity index (χ3n) is 9.51. The first-order valence-electron chi connectivity index (χ1n) is 15.5. The molecule has 45 heavy (non-hydrogen) atoms. The smallest absolute Gasteiger partial charge is 0.147 e. The Labute approximate surface area is 259 Å². The maximum absolute atomic E-state index is 5.67. The Morgan fingerprint density at radius 1 is 0.378 bits per heavy atom. The van der Waals surface area contributed by atoms with E-state index < -0.39 is 0 Å². The van der Waals surface area contributed by atoms with Gasteiger partial charge in [-0.2, -0.15) is 0 Å². The summed E-state index contributed by atoms with van der Waals surface area (Å²) in [6, 6.07) is 57.0. The summed E-state index contributed by atoms with van der Waals surface area (Å²) < 4.78 is 2.41. The molecule has 0 amide bonds. The highest BCUT2D eigenvalue weighted by atomic mass is 15.1. The van der Waals surface area contributed by atoms with Crippen LogP contribution in [0.5, 0.6) is 0 Å². The van der Waals surface area contributed by atoms with Crippen molar-refractivity contribution in [2.24, 2.45) is 0 Å². The number of hydrogen-bond acceptors (Lipinski definition) is 1. The Morgan fingerprint density at radius 2 is 0.867 bits per heavy atom. The van der Waals surface area contributed by atoms with Gasteiger partial charge in [0.2, 0.25) is 0 Å². The molecule has 0 aliphatic carbocycles. The zero-order valence-electron chi connectivity index (χ0n) is 24.4. The van der Waals surface area contributed by atoms with E-state index in [4.69, 9.17) is 4.98 Å². The third-order valence-corrected chi connectivity index (χ3v) is 9.51. The quantitative estimate of drug-likeness (QED) is 0.153. The largest absolute Gasteiger partial charge is 0.292 e. The second-order valence-electron chi connectivity index (χ2n) is 11.9. The molecule has 2 heteroatoms. The van der Waals surface area contributed by atoms with Gasteiger partial charge in [-0.3, -0.25) is 4.57 Å². The van der Waals surface area contributed by atoms with E-state index >= 15 is 0 Å². The third kappa shape index (κ3) is 3.37. The molecule has 0 aliphatic rings. The van der Waals surface area contributed by atoms with Gasteiger partial charge in [-0.15, -0.1) is 0 Å². The number of benzene rings is 9. The van der Waals surface area contributed by atoms with E-state index in [1.54, 1.807) is 0 Å². The maximum Gasteiger partial charge on any atom is 0.147 e. The number of para-hydroxylation sites is 1. The van der Waals surface area contributed by atoms with E-state index in [0.29, 0.717) is 0 Å². The molecular formula is C43H26N2. The summed E-state index contributed by atoms with van der Waals surface area (Å²) in [6.45, 7) is 0. The summed E-state index contributed by atoms with van der Waals surface area (Å²) in [5.41, 5.74) is 6.91. The lowest BCUT2D eigenvalue weighted by Gasteiger charge is -2.18. The van der Waals surface area contributed by atoms with Crippen molar-refractivity contribution in [3.8, 4) is 28.2 Å². The van der Waals surface area contributed by atoms with Crippen molar-refractivity contribution in [1.82, 2.24) is 9.55 Å². The Kier molecular flexibility index (Phi) is 5.03. The predicted molar refractivity (Wildman–Crippen MR) is 191 cm³/mol. The fourth-order valence-corrected chi connectivity index (χ4v) is 7.69. The Bertz CT molecular complexity index is 2680. The standard InChI is InChI=1S/C43H26N2/c1-3-13-27(14-4-1)37-31-19-7-9-21-33(31)40(34-22-10-8-20-32(34)37)43-44-41-35-23-11-15-28-25-26-29-16-12-24-36(39(29)38(28)35)42(41)45(43)30-17-5-2-6-18-30/h1-26H. The summed E-state index contributed by atoms with van der Waals surface area (Å²) in [4.78, 5) is 5.67. The van der Waals surface area contributed by atoms with Crippen LogP contribution in [-0.2, 0) is 0 Å². The molecule has 0 atom stereocenters. The van der Waals surface area contributed by atoms with Crippen LogP contribution in [0.2, 0.25) is 0 Å². The molecule has 0 saturated carbocycles. The van der Waals surface area contributed by atoms with Crippen LogP contribution in [0.3, 0.4) is 0 Å². The molecule has 0 unspecified atom stereocenters. The van der Waals surface area contributed by atoms with Gasteiger partial charge in [-0.05, 0) is 66.3 Å². The minimum Gasteiger partial charge on any atom is -0.292 e. The van der Waals surface area contributed by atoms with Crippen molar-refractivity contribution in [3.63, 3.8) is 0 Å². The number of rotatable bonds is 3. The van der Waals surface area contributed by atoms with Crippen LogP contribution < -0.4 is 0 Å². The van der Waals surface area contributed by atoms with E-state index in [1.807, 2.05) is 0 Å². The van der Waals surface area contributed by atoms with Gasteiger partial charge < -0.3 is 0 Å². The minimum atomic E-state index is 0.958. The molecule has 0 bridgehead atoms. The second-order valence-corrected chi connectivity index (χ2v) is 11.9. The zero-order chi connectivity index (χ0) is 29.5. The molecule has 1 aromatic heterocycles. The van der Waals surface area contributed by atoms with Gasteiger partial charge >= 0.3 is 0 Å². The molecular weight excluding hydrogens is 544 g/mol. The van der Waals surface area contributed by atoms with Crippen molar-refractivity contribution < 1.29 is 0 Å². The highest BCUT2D eigenvalue weighted by Gasteiger charge is 2.25. The van der Waals surface area contributed by atoms with E-state index in [1.165, 1.54) is 65.0 Å². The molecule has 1 heterocycles. The summed E-state index contributed by atoms with van der Waals surface area (Å²) in [5, 5.41) is 12.4. The second kappa shape index (κ2) is 9.25. The normalized spacial score (nSPS) is 12.0. The number of nitrogens with zero attached hydrogens (tertiary/aromatic N) is 2. The average molecular weight is 571 g/mol. The Hall–Kier alpha value is -5.99. The molecule has 0 saturated heterocycles. The van der Waals surface area contributed by atoms with Crippen molar-refractivity contribution in [2.45, 2.75) is 0 Å². The lowest BCUT2D eigenvalue weighted by Crippen LogP contribution is -2.00. The van der Waals surface area contributed by atoms with Crippen molar-refractivity contribution in [1.29, 1.82) is 0 Å². The van der Waals surface area contributed by atoms with Crippen LogP contribution in [0.1, 0.15) is 0 Å². The first-order chi connectivity index (χ1) is 22.4. The van der Waals surface area contributed by atoms with Gasteiger partial charge in [0.15, 0.2) is 0 Å². The summed E-state index contributed by atoms with van der Waals surface area (Å²) in [5.74, 6) is 0.958. The SMILES string of the molecule is c1ccc(-c2c3ccccc3c(-c3nc4c5cccc6ccc7cccc(c7c65)c4n3-c3ccccc3)c3ccccc23)cc1. The fraction of sp³-hybridized carbons (Fsp3) is 0. The maximum atomic E-state index is 5.67. The first kappa shape index (κ1) is 24.5. The molecule has 0 radical (unpaired) electrons. The van der Waals surface area contributed by atoms with Crippen LogP contribution in [-0.4, -0.2) is 9.55 Å². The van der Waals surface area contributed by atoms with Gasteiger partial charge in [0.05, 0.1) is 11.0 Å². The topological polar surface area (TPSA) is 17.8 Å². The van der Waals surface area contributed by atoms with Crippen LogP contribution in [0.15, 0.2) is 158 Å². The minimum absolute atomic E-state index is 0.958. The van der Waals surface area contributed by atoms with E-state index in [9.17, 15) is 0 Å². The lowest BCUT2D eigenvalue weighted by atomic mass is 9.88. The Morgan fingerprint density at radius 3 is 1.49 bits per heavy atom. The van der Waals surface area contributed by atoms with Crippen molar-refractivity contribution in [3.05, 3.63) is 158 Å². The number of imidazole rings is 1. The molecule has 10 aromatic rings. The summed E-state index contributed by atoms with van der Waals surface area (Å²) >= 11 is 0. The number of aromatic nitrogens is 2. The predicted octanol–water partition coefficient (Wildman–Crippen LogP) is 11.6. The monoisotopic (exact) mass is 570 g/mol. The molecule has 0 spiro atoms. The van der Waals surface area contributed by atoms with Gasteiger partial charge in [-0.25, -0.2) is 4.98 Å². The van der Waals surface area contributed by atoms with Crippen LogP contribution >= 0.6 is 0 Å². The van der Waals surface area contributed by atoms with E-state index in [-0.39, 0.29) is 0 Å². The number of hydrogen-bond donors (Lipinski definition) is 0. The van der Waals surface area contributed by atoms with Gasteiger partial charge in [0.25, 0.3) is 0 Å². The van der Waals surface area contributed by atoms with Crippen LogP contribution in [0, 0.1) is 0 Å². The van der Waals surface area contributed by atoms with Gasteiger partial charge in [-0.1, -0.05) is 146 Å². The Balaban J connectivity index is 1.47. The summed E-state index contributed by atoms with van der Waals surface area (Å²) in [6.07, 6.45) is 0. The molecule has 208 valence electrons. The fourth-order valence-electron chi connectivity index (χ4n) is 7.69. The summed E-state index contributed by atoms with van der Waals surface area (Å²) in [7, 11) is 0. The highest BCUT2D eigenvalue weighted by Crippen LogP contribution is 2.47. The van der Waals surface area contributed by atoms with E-state index in [2.05, 4.69) is 162 Å². The van der Waals surface area contributed by atoms with Crippen LogP contribution in [0.4, 0.5) is 0 Å². The van der Waals surface area contributed by atoms with Gasteiger partial charge in [0, 0.05) is 22.0 Å². The molecule has 2 nitrogen and oxygen atoms in total. The van der Waals surface area contributed by atoms with Crippen LogP contribution in [0.25, 0.3) is 93.1 Å². The first-order valence-corrected chi connectivity index (χ1v) is 15.5. The number of fused-ring (bicyclic) bond motifs is 5.